The molecule has 3 rings (SSSR count). The van der Waals surface area contributed by atoms with Crippen LogP contribution < -0.4 is 14.8 Å². The minimum atomic E-state index is 0.518. The summed E-state index contributed by atoms with van der Waals surface area (Å²) in [5, 5.41) is 3.38. The number of methoxy groups -OCH3 is 2. The van der Waals surface area contributed by atoms with Crippen LogP contribution in [0.15, 0.2) is 24.4 Å². The topological polar surface area (TPSA) is 59.2 Å². The maximum atomic E-state index is 5.46. The molecule has 1 fully saturated rings. The van der Waals surface area contributed by atoms with Gasteiger partial charge in [0.15, 0.2) is 0 Å². The average molecular weight is 287 g/mol. The molecule has 0 aliphatic carbocycles. The van der Waals surface area contributed by atoms with E-state index in [0.29, 0.717) is 5.92 Å². The molecular weight excluding hydrogens is 266 g/mol. The lowest BCUT2D eigenvalue weighted by molar-refractivity contribution is 0.395. The third kappa shape index (κ3) is 2.88. The summed E-state index contributed by atoms with van der Waals surface area (Å²) in [4.78, 5) is 8.02. The van der Waals surface area contributed by atoms with E-state index >= 15 is 0 Å². The summed E-state index contributed by atoms with van der Waals surface area (Å²) in [7, 11) is 3.32. The minimum Gasteiger partial charge on any atom is -0.497 e. The van der Waals surface area contributed by atoms with Crippen molar-refractivity contribution in [3.63, 3.8) is 0 Å². The molecule has 5 nitrogen and oxygen atoms in total. The van der Waals surface area contributed by atoms with Gasteiger partial charge in [0, 0.05) is 17.5 Å². The third-order valence-corrected chi connectivity index (χ3v) is 4.02. The Morgan fingerprint density at radius 2 is 1.95 bits per heavy atom. The van der Waals surface area contributed by atoms with Crippen LogP contribution in [0.3, 0.4) is 0 Å². The maximum absolute atomic E-state index is 5.46. The maximum Gasteiger partial charge on any atom is 0.131 e. The lowest BCUT2D eigenvalue weighted by Crippen LogP contribution is -2.27. The molecule has 112 valence electrons. The van der Waals surface area contributed by atoms with Crippen molar-refractivity contribution < 1.29 is 9.47 Å². The first-order valence-electron chi connectivity index (χ1n) is 7.30. The Morgan fingerprint density at radius 1 is 1.14 bits per heavy atom. The Bertz CT molecular complexity index is 603. The van der Waals surface area contributed by atoms with E-state index in [-0.39, 0.29) is 0 Å². The van der Waals surface area contributed by atoms with Gasteiger partial charge < -0.3 is 19.8 Å². The van der Waals surface area contributed by atoms with E-state index in [2.05, 4.69) is 15.3 Å². The SMILES string of the molecule is COc1ccc(-c2cnc(C3CCNCC3)[nH]2)c(OC)c1. The molecule has 2 aromatic rings. The van der Waals surface area contributed by atoms with Crippen LogP contribution in [-0.2, 0) is 0 Å². The van der Waals surface area contributed by atoms with Gasteiger partial charge in [-0.1, -0.05) is 0 Å². The van der Waals surface area contributed by atoms with E-state index in [1.54, 1.807) is 14.2 Å². The predicted molar refractivity (Wildman–Crippen MR) is 82.0 cm³/mol. The standard InChI is InChI=1S/C16H21N3O2/c1-20-12-3-4-13(15(9-12)21-2)14-10-18-16(19-14)11-5-7-17-8-6-11/h3-4,9-11,17H,5-8H2,1-2H3,(H,18,19). The van der Waals surface area contributed by atoms with Gasteiger partial charge in [-0.25, -0.2) is 4.98 Å². The molecule has 2 N–H and O–H groups in total. The van der Waals surface area contributed by atoms with Crippen LogP contribution in [0.25, 0.3) is 11.3 Å². The first kappa shape index (κ1) is 13.9. The van der Waals surface area contributed by atoms with Crippen LogP contribution in [0, 0.1) is 0 Å². The van der Waals surface area contributed by atoms with Crippen LogP contribution >= 0.6 is 0 Å². The van der Waals surface area contributed by atoms with E-state index in [1.165, 1.54) is 0 Å². The fourth-order valence-electron chi connectivity index (χ4n) is 2.80. The molecule has 0 spiro atoms. The highest BCUT2D eigenvalue weighted by Crippen LogP contribution is 2.33. The number of hydrogen-bond acceptors (Lipinski definition) is 4. The number of benzene rings is 1. The molecule has 1 aliphatic rings. The van der Waals surface area contributed by atoms with Gasteiger partial charge in [0.25, 0.3) is 0 Å². The van der Waals surface area contributed by atoms with Crippen molar-refractivity contribution in [3.05, 3.63) is 30.2 Å². The van der Waals surface area contributed by atoms with Gasteiger partial charge in [-0.3, -0.25) is 0 Å². The van der Waals surface area contributed by atoms with Crippen molar-refractivity contribution in [2.75, 3.05) is 27.3 Å². The summed E-state index contributed by atoms with van der Waals surface area (Å²) in [6.45, 7) is 2.12. The number of rotatable bonds is 4. The molecule has 2 heterocycles. The zero-order chi connectivity index (χ0) is 14.7. The number of imidazole rings is 1. The Labute approximate surface area is 124 Å². The van der Waals surface area contributed by atoms with Crippen LogP contribution in [0.5, 0.6) is 11.5 Å². The van der Waals surface area contributed by atoms with E-state index < -0.39 is 0 Å². The first-order chi connectivity index (χ1) is 10.3. The lowest BCUT2D eigenvalue weighted by Gasteiger charge is -2.20. The Morgan fingerprint density at radius 3 is 2.67 bits per heavy atom. The van der Waals surface area contributed by atoms with Gasteiger partial charge in [0.2, 0.25) is 0 Å². The van der Waals surface area contributed by atoms with E-state index in [9.17, 15) is 0 Å². The summed E-state index contributed by atoms with van der Waals surface area (Å²) >= 11 is 0. The normalized spacial score (nSPS) is 15.9. The monoisotopic (exact) mass is 287 g/mol. The highest BCUT2D eigenvalue weighted by molar-refractivity contribution is 5.68. The molecule has 1 aromatic heterocycles. The average Bonchev–Trinajstić information content (AvgIpc) is 3.04. The van der Waals surface area contributed by atoms with Crippen molar-refractivity contribution in [2.45, 2.75) is 18.8 Å². The van der Waals surface area contributed by atoms with Gasteiger partial charge >= 0.3 is 0 Å². The summed E-state index contributed by atoms with van der Waals surface area (Å²) in [5.41, 5.74) is 1.99. The number of aromatic amines is 1. The van der Waals surface area contributed by atoms with Gasteiger partial charge in [-0.15, -0.1) is 0 Å². The Kier molecular flexibility index (Phi) is 4.10. The van der Waals surface area contributed by atoms with E-state index in [4.69, 9.17) is 9.47 Å². The van der Waals surface area contributed by atoms with Gasteiger partial charge in [-0.2, -0.15) is 0 Å². The highest BCUT2D eigenvalue weighted by Gasteiger charge is 2.19. The molecule has 1 aliphatic heterocycles. The smallest absolute Gasteiger partial charge is 0.131 e. The van der Waals surface area contributed by atoms with E-state index in [1.807, 2.05) is 24.4 Å². The number of piperidine rings is 1. The summed E-state index contributed by atoms with van der Waals surface area (Å²) in [6, 6.07) is 5.82. The third-order valence-electron chi connectivity index (χ3n) is 4.02. The number of hydrogen-bond donors (Lipinski definition) is 2. The second-order valence-corrected chi connectivity index (χ2v) is 5.27. The molecule has 21 heavy (non-hydrogen) atoms. The van der Waals surface area contributed by atoms with Crippen molar-refractivity contribution in [3.8, 4) is 22.8 Å². The number of nitrogens with one attached hydrogen (secondary N) is 2. The Hall–Kier alpha value is -2.01. The van der Waals surface area contributed by atoms with Crippen LogP contribution in [0.1, 0.15) is 24.6 Å². The number of aromatic nitrogens is 2. The first-order valence-corrected chi connectivity index (χ1v) is 7.30. The molecule has 5 heteroatoms. The largest absolute Gasteiger partial charge is 0.497 e. The van der Waals surface area contributed by atoms with Crippen LogP contribution in [0.2, 0.25) is 0 Å². The number of H-pyrrole nitrogens is 1. The second-order valence-electron chi connectivity index (χ2n) is 5.27. The van der Waals surface area contributed by atoms with Crippen LogP contribution in [-0.4, -0.2) is 37.3 Å². The highest BCUT2D eigenvalue weighted by atomic mass is 16.5. The quantitative estimate of drug-likeness (QED) is 0.907. The van der Waals surface area contributed by atoms with Crippen molar-refractivity contribution in [2.24, 2.45) is 0 Å². The fourth-order valence-corrected chi connectivity index (χ4v) is 2.80. The van der Waals surface area contributed by atoms with Crippen molar-refractivity contribution >= 4 is 0 Å². The lowest BCUT2D eigenvalue weighted by atomic mass is 9.98. The Balaban J connectivity index is 1.88. The number of ether oxygens (including phenoxy) is 2. The molecule has 0 bridgehead atoms. The molecule has 0 saturated carbocycles. The van der Waals surface area contributed by atoms with Gasteiger partial charge in [-0.05, 0) is 38.1 Å². The predicted octanol–water partition coefficient (Wildman–Crippen LogP) is 2.56. The van der Waals surface area contributed by atoms with Crippen molar-refractivity contribution in [1.82, 2.24) is 15.3 Å². The molecule has 0 atom stereocenters. The summed E-state index contributed by atoms with van der Waals surface area (Å²) < 4.78 is 10.7. The zero-order valence-corrected chi connectivity index (χ0v) is 12.5. The summed E-state index contributed by atoms with van der Waals surface area (Å²) in [5.74, 6) is 3.16. The fraction of sp³-hybridized carbons (Fsp3) is 0.438. The number of nitrogens with zero attached hydrogens (tertiary/aromatic N) is 1. The second kappa shape index (κ2) is 6.18. The molecule has 1 saturated heterocycles. The molecule has 1 aromatic carbocycles. The zero-order valence-electron chi connectivity index (χ0n) is 12.5. The van der Waals surface area contributed by atoms with Crippen LogP contribution in [0.4, 0.5) is 0 Å². The summed E-state index contributed by atoms with van der Waals surface area (Å²) in [6.07, 6.45) is 4.15. The van der Waals surface area contributed by atoms with Gasteiger partial charge in [0.1, 0.15) is 17.3 Å². The van der Waals surface area contributed by atoms with Gasteiger partial charge in [0.05, 0.1) is 26.1 Å². The van der Waals surface area contributed by atoms with E-state index in [0.717, 1.165) is 54.5 Å². The van der Waals surface area contributed by atoms with Crippen molar-refractivity contribution in [1.29, 1.82) is 0 Å². The molecule has 0 amide bonds. The molecule has 0 unspecified atom stereocenters. The molecule has 0 radical (unpaired) electrons. The molecular formula is C16H21N3O2. The minimum absolute atomic E-state index is 0.518.